The first-order chi connectivity index (χ1) is 10.2. The predicted molar refractivity (Wildman–Crippen MR) is 85.0 cm³/mol. The highest BCUT2D eigenvalue weighted by atomic mass is 79.9. The largest absolute Gasteiger partial charge is 0.448 e. The van der Waals surface area contributed by atoms with E-state index in [0.29, 0.717) is 17.7 Å². The molecule has 3 rings (SSSR count). The van der Waals surface area contributed by atoms with E-state index in [-0.39, 0.29) is 18.7 Å². The lowest BCUT2D eigenvalue weighted by Gasteiger charge is -2.37. The van der Waals surface area contributed by atoms with Crippen LogP contribution >= 0.6 is 38.9 Å². The summed E-state index contributed by atoms with van der Waals surface area (Å²) in [6.45, 7) is 2.05. The van der Waals surface area contributed by atoms with Gasteiger partial charge in [-0.2, -0.15) is 0 Å². The van der Waals surface area contributed by atoms with Crippen LogP contribution in [-0.2, 0) is 4.74 Å². The maximum atomic E-state index is 11.7. The Bertz CT molecular complexity index is 503. The Morgan fingerprint density at radius 3 is 2.71 bits per heavy atom. The number of alkyl halides is 1. The predicted octanol–water partition coefficient (Wildman–Crippen LogP) is 2.48. The van der Waals surface area contributed by atoms with Crippen molar-refractivity contribution in [2.75, 3.05) is 30.5 Å². The molecule has 2 aliphatic rings. The normalized spacial score (nSPS) is 27.7. The summed E-state index contributed by atoms with van der Waals surface area (Å²) in [4.78, 5) is 14.0. The highest BCUT2D eigenvalue weighted by Crippen LogP contribution is 2.39. The van der Waals surface area contributed by atoms with Gasteiger partial charge in [-0.05, 0) is 40.6 Å². The summed E-state index contributed by atoms with van der Waals surface area (Å²) in [6, 6.07) is 0.195. The number of hydrogen-bond donors (Lipinski definition) is 1. The van der Waals surface area contributed by atoms with E-state index in [2.05, 4.69) is 36.3 Å². The molecule has 1 amide bonds. The molecule has 2 heterocycles. The zero-order chi connectivity index (χ0) is 14.8. The summed E-state index contributed by atoms with van der Waals surface area (Å²) >= 11 is 10.4. The van der Waals surface area contributed by atoms with Crippen LogP contribution < -0.4 is 10.2 Å². The third kappa shape index (κ3) is 3.43. The summed E-state index contributed by atoms with van der Waals surface area (Å²) in [5, 5.41) is 12.1. The van der Waals surface area contributed by atoms with E-state index in [1.807, 2.05) is 0 Å². The van der Waals surface area contributed by atoms with Crippen molar-refractivity contribution >= 4 is 50.1 Å². The van der Waals surface area contributed by atoms with Crippen LogP contribution in [0.2, 0.25) is 0 Å². The average molecular weight is 396 g/mol. The third-order valence-corrected chi connectivity index (χ3v) is 5.66. The lowest BCUT2D eigenvalue weighted by Crippen LogP contribution is -2.52. The number of aromatic nitrogens is 2. The molecule has 2 unspecified atom stereocenters. The fourth-order valence-electron chi connectivity index (χ4n) is 3.25. The molecule has 0 radical (unpaired) electrons. The topological polar surface area (TPSA) is 67.4 Å². The molecule has 21 heavy (non-hydrogen) atoms. The molecule has 2 atom stereocenters. The van der Waals surface area contributed by atoms with Crippen LogP contribution in [0, 0.1) is 11.8 Å². The van der Waals surface area contributed by atoms with Gasteiger partial charge in [0.1, 0.15) is 6.61 Å². The van der Waals surface area contributed by atoms with Gasteiger partial charge in [-0.1, -0.05) is 11.3 Å². The highest BCUT2D eigenvalue weighted by Gasteiger charge is 2.43. The van der Waals surface area contributed by atoms with Gasteiger partial charge in [0.05, 0.1) is 5.88 Å². The number of hydrogen-bond acceptors (Lipinski definition) is 6. The van der Waals surface area contributed by atoms with Crippen LogP contribution in [0.3, 0.4) is 0 Å². The van der Waals surface area contributed by atoms with Gasteiger partial charge in [-0.3, -0.25) is 0 Å². The van der Waals surface area contributed by atoms with Crippen molar-refractivity contribution in [1.82, 2.24) is 15.5 Å². The summed E-state index contributed by atoms with van der Waals surface area (Å²) < 4.78 is 5.81. The number of alkyl carbamates (subject to hydrolysis) is 1. The number of fused-ring (bicyclic) bond motifs is 2. The van der Waals surface area contributed by atoms with Crippen LogP contribution in [0.4, 0.5) is 9.93 Å². The molecule has 1 aromatic heterocycles. The van der Waals surface area contributed by atoms with E-state index in [4.69, 9.17) is 16.3 Å². The van der Waals surface area contributed by atoms with Crippen LogP contribution in [0.15, 0.2) is 3.92 Å². The molecule has 2 fully saturated rings. The smallest absolute Gasteiger partial charge is 0.407 e. The molecular weight excluding hydrogens is 380 g/mol. The zero-order valence-corrected chi connectivity index (χ0v) is 14.5. The number of piperidine rings is 1. The minimum absolute atomic E-state index is 0.195. The quantitative estimate of drug-likeness (QED) is 0.793. The molecule has 1 aliphatic carbocycles. The lowest BCUT2D eigenvalue weighted by molar-refractivity contribution is 0.140. The van der Waals surface area contributed by atoms with E-state index in [1.165, 1.54) is 0 Å². The van der Waals surface area contributed by atoms with E-state index >= 15 is 0 Å². The van der Waals surface area contributed by atoms with Crippen molar-refractivity contribution in [1.29, 1.82) is 0 Å². The minimum Gasteiger partial charge on any atom is -0.448 e. The molecule has 9 heteroatoms. The summed E-state index contributed by atoms with van der Waals surface area (Å²) in [6.07, 6.45) is 1.90. The average Bonchev–Trinajstić information content (AvgIpc) is 2.98. The number of rotatable bonds is 4. The third-order valence-electron chi connectivity index (χ3n) is 4.09. The first-order valence-corrected chi connectivity index (χ1v) is 9.05. The van der Waals surface area contributed by atoms with Crippen molar-refractivity contribution in [3.05, 3.63) is 3.92 Å². The molecule has 116 valence electrons. The lowest BCUT2D eigenvalue weighted by atomic mass is 9.92. The maximum absolute atomic E-state index is 11.7. The summed E-state index contributed by atoms with van der Waals surface area (Å²) in [5.41, 5.74) is 0. The molecule has 0 spiro atoms. The Morgan fingerprint density at radius 2 is 2.14 bits per heavy atom. The van der Waals surface area contributed by atoms with E-state index in [0.717, 1.165) is 35.0 Å². The molecule has 1 aliphatic heterocycles. The van der Waals surface area contributed by atoms with Gasteiger partial charge in [0, 0.05) is 19.1 Å². The fourth-order valence-corrected chi connectivity index (χ4v) is 4.43. The van der Waals surface area contributed by atoms with E-state index in [9.17, 15) is 4.79 Å². The first kappa shape index (κ1) is 15.3. The summed E-state index contributed by atoms with van der Waals surface area (Å²) in [7, 11) is 0. The molecule has 1 N–H and O–H groups in total. The zero-order valence-electron chi connectivity index (χ0n) is 11.3. The van der Waals surface area contributed by atoms with Crippen molar-refractivity contribution in [3.8, 4) is 0 Å². The van der Waals surface area contributed by atoms with Gasteiger partial charge in [0.2, 0.25) is 5.13 Å². The van der Waals surface area contributed by atoms with E-state index < -0.39 is 0 Å². The van der Waals surface area contributed by atoms with Crippen molar-refractivity contribution < 1.29 is 9.53 Å². The van der Waals surface area contributed by atoms with Crippen LogP contribution in [-0.4, -0.2) is 47.9 Å². The van der Waals surface area contributed by atoms with Gasteiger partial charge in [0.25, 0.3) is 0 Å². The molecule has 1 saturated heterocycles. The SMILES string of the molecule is O=C(NC1C2CCC1CN(c1nnc(Br)s1)C2)OCCCl. The van der Waals surface area contributed by atoms with Gasteiger partial charge in [0.15, 0.2) is 3.92 Å². The standard InChI is InChI=1S/C12H16BrClN4O2S/c13-10-16-17-11(21-10)18-5-7-1-2-8(6-18)9(7)15-12(19)20-4-3-14/h7-9H,1-6H2,(H,15,19). The number of nitrogens with one attached hydrogen (secondary N) is 1. The second kappa shape index (κ2) is 6.66. The Kier molecular flexibility index (Phi) is 4.85. The molecular formula is C12H16BrClN4O2S. The second-order valence-corrected chi connectivity index (χ2v) is 7.95. The molecule has 6 nitrogen and oxygen atoms in total. The van der Waals surface area contributed by atoms with Gasteiger partial charge >= 0.3 is 6.09 Å². The Morgan fingerprint density at radius 1 is 1.43 bits per heavy atom. The van der Waals surface area contributed by atoms with Gasteiger partial charge in [-0.15, -0.1) is 21.8 Å². The van der Waals surface area contributed by atoms with Crippen LogP contribution in [0.25, 0.3) is 0 Å². The summed E-state index contributed by atoms with van der Waals surface area (Å²) in [5.74, 6) is 1.20. The van der Waals surface area contributed by atoms with Crippen molar-refractivity contribution in [2.45, 2.75) is 18.9 Å². The Labute approximate surface area is 140 Å². The monoisotopic (exact) mass is 394 g/mol. The van der Waals surface area contributed by atoms with Crippen molar-refractivity contribution in [3.63, 3.8) is 0 Å². The van der Waals surface area contributed by atoms with Gasteiger partial charge in [-0.25, -0.2) is 4.79 Å². The molecule has 1 saturated carbocycles. The number of anilines is 1. The number of carbonyl (C=O) groups is 1. The number of ether oxygens (including phenoxy) is 1. The van der Waals surface area contributed by atoms with Crippen LogP contribution in [0.5, 0.6) is 0 Å². The number of amides is 1. The number of carbonyl (C=O) groups excluding carboxylic acids is 1. The highest BCUT2D eigenvalue weighted by molar-refractivity contribution is 9.11. The van der Waals surface area contributed by atoms with E-state index in [1.54, 1.807) is 11.3 Å². The fraction of sp³-hybridized carbons (Fsp3) is 0.750. The molecule has 0 aromatic carbocycles. The Balaban J connectivity index is 1.60. The molecule has 1 aromatic rings. The Hall–Kier alpha value is -0.600. The number of nitrogens with zero attached hydrogens (tertiary/aromatic N) is 3. The van der Waals surface area contributed by atoms with Gasteiger partial charge < -0.3 is 15.0 Å². The number of halogens is 2. The second-order valence-electron chi connectivity index (χ2n) is 5.34. The first-order valence-electron chi connectivity index (χ1n) is 6.90. The maximum Gasteiger partial charge on any atom is 0.407 e. The molecule has 2 bridgehead atoms. The van der Waals surface area contributed by atoms with Crippen molar-refractivity contribution in [2.24, 2.45) is 11.8 Å². The minimum atomic E-state index is -0.357. The van der Waals surface area contributed by atoms with Crippen LogP contribution in [0.1, 0.15) is 12.8 Å².